The van der Waals surface area contributed by atoms with Crippen molar-refractivity contribution >= 4 is 17.5 Å². The average Bonchev–Trinajstić information content (AvgIpc) is 2.53. The second kappa shape index (κ2) is 7.06. The molecule has 0 unspecified atom stereocenters. The number of nitrogens with zero attached hydrogens (tertiary/aromatic N) is 1. The average molecular weight is 306 g/mol. The Hall–Kier alpha value is -2.11. The minimum absolute atomic E-state index is 0.254. The molecule has 2 rings (SSSR count). The van der Waals surface area contributed by atoms with E-state index in [0.29, 0.717) is 11.4 Å². The van der Waals surface area contributed by atoms with Crippen molar-refractivity contribution in [3.8, 4) is 5.75 Å². The minimum atomic E-state index is -0.434. The van der Waals surface area contributed by atoms with Gasteiger partial charge in [-0.1, -0.05) is 24.6 Å². The number of nitrogens with one attached hydrogen (secondary N) is 1. The lowest BCUT2D eigenvalue weighted by Crippen LogP contribution is -2.30. The number of hydrogen-bond acceptors (Lipinski definition) is 4. The summed E-state index contributed by atoms with van der Waals surface area (Å²) in [6, 6.07) is 10.6. The van der Waals surface area contributed by atoms with Crippen molar-refractivity contribution in [2.75, 3.05) is 0 Å². The fourth-order valence-electron chi connectivity index (χ4n) is 1.83. The summed E-state index contributed by atoms with van der Waals surface area (Å²) in [7, 11) is 0. The monoisotopic (exact) mass is 305 g/mol. The highest BCUT2D eigenvalue weighted by atomic mass is 35.5. The molecule has 1 aromatic heterocycles. The van der Waals surface area contributed by atoms with Crippen LogP contribution < -0.4 is 16.0 Å². The molecule has 3 N–H and O–H groups in total. The van der Waals surface area contributed by atoms with Crippen LogP contribution in [0.2, 0.25) is 5.02 Å². The van der Waals surface area contributed by atoms with Gasteiger partial charge < -0.3 is 4.74 Å². The second-order valence-electron chi connectivity index (χ2n) is 4.38. The van der Waals surface area contributed by atoms with Crippen LogP contribution in [0.3, 0.4) is 0 Å². The van der Waals surface area contributed by atoms with Gasteiger partial charge in [-0.05, 0) is 42.3 Å². The van der Waals surface area contributed by atoms with Gasteiger partial charge in [0.1, 0.15) is 18.1 Å². The Morgan fingerprint density at radius 2 is 2.19 bits per heavy atom. The summed E-state index contributed by atoms with van der Waals surface area (Å²) in [5.41, 5.74) is 3.97. The number of halogens is 1. The number of carbonyl (C=O) groups excluding carboxylic acids is 1. The van der Waals surface area contributed by atoms with Crippen LogP contribution in [0.5, 0.6) is 5.75 Å². The molecule has 0 spiro atoms. The largest absolute Gasteiger partial charge is 0.487 e. The van der Waals surface area contributed by atoms with Gasteiger partial charge in [0, 0.05) is 5.02 Å². The van der Waals surface area contributed by atoms with Crippen molar-refractivity contribution in [1.29, 1.82) is 0 Å². The van der Waals surface area contributed by atoms with Gasteiger partial charge in [0.2, 0.25) is 0 Å². The van der Waals surface area contributed by atoms with Crippen LogP contribution >= 0.6 is 11.6 Å². The molecule has 0 bridgehead atoms. The molecule has 5 nitrogen and oxygen atoms in total. The summed E-state index contributed by atoms with van der Waals surface area (Å²) in [4.78, 5) is 15.6. The molecule has 0 aliphatic carbocycles. The first-order valence-corrected chi connectivity index (χ1v) is 6.90. The zero-order valence-electron chi connectivity index (χ0n) is 11.6. The van der Waals surface area contributed by atoms with E-state index in [1.165, 1.54) is 0 Å². The Balaban J connectivity index is 2.08. The molecule has 0 aliphatic rings. The summed E-state index contributed by atoms with van der Waals surface area (Å²) in [6.45, 7) is 2.29. The van der Waals surface area contributed by atoms with Crippen LogP contribution in [0.25, 0.3) is 0 Å². The van der Waals surface area contributed by atoms with Crippen LogP contribution in [0.1, 0.15) is 28.7 Å². The van der Waals surface area contributed by atoms with Crippen molar-refractivity contribution in [3.63, 3.8) is 0 Å². The van der Waals surface area contributed by atoms with Gasteiger partial charge >= 0.3 is 0 Å². The first kappa shape index (κ1) is 15.3. The van der Waals surface area contributed by atoms with Crippen LogP contribution in [-0.4, -0.2) is 10.9 Å². The number of aromatic nitrogens is 1. The fourth-order valence-corrected chi connectivity index (χ4v) is 2.08. The number of rotatable bonds is 5. The topological polar surface area (TPSA) is 77.2 Å². The maximum Gasteiger partial charge on any atom is 0.283 e. The number of amides is 1. The predicted molar refractivity (Wildman–Crippen MR) is 81.1 cm³/mol. The summed E-state index contributed by atoms with van der Waals surface area (Å²) in [5, 5.41) is 0.726. The third-order valence-electron chi connectivity index (χ3n) is 2.96. The third kappa shape index (κ3) is 3.93. The van der Waals surface area contributed by atoms with E-state index in [9.17, 15) is 4.79 Å². The van der Waals surface area contributed by atoms with Gasteiger partial charge in [-0.15, -0.1) is 0 Å². The molecule has 1 heterocycles. The van der Waals surface area contributed by atoms with Crippen LogP contribution in [-0.2, 0) is 13.0 Å². The summed E-state index contributed by atoms with van der Waals surface area (Å²) >= 11 is 6.06. The Labute approximate surface area is 128 Å². The molecule has 0 saturated carbocycles. The molecule has 0 atom stereocenters. The molecule has 0 fully saturated rings. The number of nitrogens with two attached hydrogens (primary N) is 1. The molecule has 1 aromatic carbocycles. The van der Waals surface area contributed by atoms with Crippen molar-refractivity contribution in [1.82, 2.24) is 10.4 Å². The van der Waals surface area contributed by atoms with Crippen molar-refractivity contribution in [2.24, 2.45) is 5.84 Å². The highest BCUT2D eigenvalue weighted by Crippen LogP contribution is 2.23. The van der Waals surface area contributed by atoms with Gasteiger partial charge in [0.05, 0.1) is 5.69 Å². The second-order valence-corrected chi connectivity index (χ2v) is 4.79. The number of carbonyl (C=O) groups is 1. The Morgan fingerprint density at radius 3 is 2.90 bits per heavy atom. The molecule has 0 saturated heterocycles. The minimum Gasteiger partial charge on any atom is -0.487 e. The molecular weight excluding hydrogens is 290 g/mol. The van der Waals surface area contributed by atoms with Crippen LogP contribution in [0, 0.1) is 0 Å². The third-order valence-corrected chi connectivity index (χ3v) is 3.32. The molecule has 0 aliphatic heterocycles. The Morgan fingerprint density at radius 1 is 1.38 bits per heavy atom. The number of hydrazine groups is 1. The predicted octanol–water partition coefficient (Wildman–Crippen LogP) is 2.48. The van der Waals surface area contributed by atoms with Crippen molar-refractivity contribution < 1.29 is 9.53 Å². The quantitative estimate of drug-likeness (QED) is 0.505. The summed E-state index contributed by atoms with van der Waals surface area (Å²) in [6.07, 6.45) is 0.834. The van der Waals surface area contributed by atoms with E-state index in [1.807, 2.05) is 18.4 Å². The molecular formula is C15H16ClN3O2. The first-order chi connectivity index (χ1) is 10.1. The number of aryl methyl sites for hydroxylation is 1. The lowest BCUT2D eigenvalue weighted by molar-refractivity contribution is 0.0948. The Bertz CT molecular complexity index is 647. The number of pyridine rings is 1. The summed E-state index contributed by atoms with van der Waals surface area (Å²) < 4.78 is 5.67. The molecule has 0 radical (unpaired) electrons. The number of hydrogen-bond donors (Lipinski definition) is 2. The van der Waals surface area contributed by atoms with Crippen LogP contribution in [0.4, 0.5) is 0 Å². The molecule has 110 valence electrons. The van der Waals surface area contributed by atoms with E-state index in [-0.39, 0.29) is 12.3 Å². The number of nitrogen functional groups attached to an aromatic ring is 1. The van der Waals surface area contributed by atoms with Gasteiger partial charge in [-0.2, -0.15) is 0 Å². The highest BCUT2D eigenvalue weighted by Gasteiger charge is 2.07. The smallest absolute Gasteiger partial charge is 0.283 e. The lowest BCUT2D eigenvalue weighted by atomic mass is 10.1. The molecule has 6 heteroatoms. The van der Waals surface area contributed by atoms with E-state index in [2.05, 4.69) is 4.98 Å². The van der Waals surface area contributed by atoms with E-state index in [1.54, 1.807) is 30.3 Å². The highest BCUT2D eigenvalue weighted by molar-refractivity contribution is 6.31. The van der Waals surface area contributed by atoms with Gasteiger partial charge in [-0.25, -0.2) is 10.8 Å². The van der Waals surface area contributed by atoms with Gasteiger partial charge in [0.15, 0.2) is 0 Å². The normalized spacial score (nSPS) is 10.2. The van der Waals surface area contributed by atoms with E-state index >= 15 is 0 Å². The number of ether oxygens (including phenoxy) is 1. The van der Waals surface area contributed by atoms with Gasteiger partial charge in [0.25, 0.3) is 5.91 Å². The molecule has 2 aromatic rings. The Kier molecular flexibility index (Phi) is 5.14. The molecule has 1 amide bonds. The van der Waals surface area contributed by atoms with Gasteiger partial charge in [-0.3, -0.25) is 10.2 Å². The van der Waals surface area contributed by atoms with E-state index < -0.39 is 5.91 Å². The zero-order valence-corrected chi connectivity index (χ0v) is 12.4. The lowest BCUT2D eigenvalue weighted by Gasteiger charge is -2.09. The van der Waals surface area contributed by atoms with Crippen molar-refractivity contribution in [3.05, 3.63) is 58.4 Å². The molecule has 21 heavy (non-hydrogen) atoms. The van der Waals surface area contributed by atoms with E-state index in [0.717, 1.165) is 17.0 Å². The fraction of sp³-hybridized carbons (Fsp3) is 0.200. The SMILES string of the molecule is CCc1cc(OCc2cccc(C(=O)NN)n2)ccc1Cl. The van der Waals surface area contributed by atoms with E-state index in [4.69, 9.17) is 22.2 Å². The van der Waals surface area contributed by atoms with Crippen molar-refractivity contribution in [2.45, 2.75) is 20.0 Å². The summed E-state index contributed by atoms with van der Waals surface area (Å²) in [5.74, 6) is 5.36. The first-order valence-electron chi connectivity index (χ1n) is 6.52. The zero-order chi connectivity index (χ0) is 15.2. The standard InChI is InChI=1S/C15H16ClN3O2/c1-2-10-8-12(6-7-13(10)16)21-9-11-4-3-5-14(18-11)15(20)19-17/h3-8H,2,9,17H2,1H3,(H,19,20). The van der Waals surface area contributed by atoms with Crippen LogP contribution in [0.15, 0.2) is 36.4 Å². The maximum absolute atomic E-state index is 11.4. The maximum atomic E-state index is 11.4. The number of benzene rings is 1.